The quantitative estimate of drug-likeness (QED) is 0.834. The number of hydrogen-bond acceptors (Lipinski definition) is 7. The summed E-state index contributed by atoms with van der Waals surface area (Å²) >= 11 is 1.43. The normalized spacial score (nSPS) is 17.7. The molecule has 27 heavy (non-hydrogen) atoms. The number of anilines is 3. The SMILES string of the molecule is CC1Oc2ccc(N)nc2N(CC(=O)Nc2sc3c(c2C#N)CCC3)C1=O. The fourth-order valence-corrected chi connectivity index (χ4v) is 4.63. The Morgan fingerprint density at radius 2 is 2.33 bits per heavy atom. The number of nitrogens with two attached hydrogens (primary N) is 1. The molecule has 0 bridgehead atoms. The van der Waals surface area contributed by atoms with E-state index in [4.69, 9.17) is 10.5 Å². The minimum Gasteiger partial charge on any atom is -0.477 e. The summed E-state index contributed by atoms with van der Waals surface area (Å²) in [5.41, 5.74) is 7.29. The summed E-state index contributed by atoms with van der Waals surface area (Å²) in [6.45, 7) is 1.38. The third-order valence-electron chi connectivity index (χ3n) is 4.62. The summed E-state index contributed by atoms with van der Waals surface area (Å²) in [6.07, 6.45) is 2.10. The van der Waals surface area contributed by atoms with Crippen molar-refractivity contribution in [1.82, 2.24) is 4.98 Å². The van der Waals surface area contributed by atoms with E-state index in [2.05, 4.69) is 16.4 Å². The molecule has 1 aliphatic carbocycles. The fraction of sp³-hybridized carbons (Fsp3) is 0.333. The van der Waals surface area contributed by atoms with Crippen LogP contribution in [0, 0.1) is 11.3 Å². The monoisotopic (exact) mass is 383 g/mol. The van der Waals surface area contributed by atoms with Crippen molar-refractivity contribution in [2.45, 2.75) is 32.3 Å². The van der Waals surface area contributed by atoms with Crippen LogP contribution < -0.4 is 20.7 Å². The molecular formula is C18H17N5O3S. The first kappa shape index (κ1) is 17.3. The van der Waals surface area contributed by atoms with Gasteiger partial charge in [0.05, 0.1) is 5.56 Å². The van der Waals surface area contributed by atoms with Gasteiger partial charge in [0.15, 0.2) is 17.7 Å². The fourth-order valence-electron chi connectivity index (χ4n) is 3.37. The van der Waals surface area contributed by atoms with E-state index in [1.54, 1.807) is 19.1 Å². The first-order chi connectivity index (χ1) is 13.0. The Bertz CT molecular complexity index is 994. The van der Waals surface area contributed by atoms with Crippen LogP contribution in [0.2, 0.25) is 0 Å². The Morgan fingerprint density at radius 3 is 3.11 bits per heavy atom. The number of amides is 2. The van der Waals surface area contributed by atoms with Gasteiger partial charge < -0.3 is 15.8 Å². The number of carbonyl (C=O) groups is 2. The van der Waals surface area contributed by atoms with Crippen LogP contribution in [0.5, 0.6) is 5.75 Å². The molecule has 2 amide bonds. The van der Waals surface area contributed by atoms with E-state index < -0.39 is 12.0 Å². The smallest absolute Gasteiger partial charge is 0.269 e. The Kier molecular flexibility index (Phi) is 4.20. The predicted molar refractivity (Wildman–Crippen MR) is 101 cm³/mol. The van der Waals surface area contributed by atoms with Gasteiger partial charge in [0.1, 0.15) is 23.4 Å². The number of fused-ring (bicyclic) bond motifs is 2. The lowest BCUT2D eigenvalue weighted by molar-refractivity contribution is -0.127. The largest absolute Gasteiger partial charge is 0.477 e. The second-order valence-electron chi connectivity index (χ2n) is 6.46. The maximum absolute atomic E-state index is 12.6. The zero-order valence-corrected chi connectivity index (χ0v) is 15.4. The van der Waals surface area contributed by atoms with Crippen LogP contribution in [0.1, 0.15) is 29.3 Å². The highest BCUT2D eigenvalue weighted by Gasteiger charge is 2.34. The second-order valence-corrected chi connectivity index (χ2v) is 7.57. The molecule has 138 valence electrons. The molecular weight excluding hydrogens is 366 g/mol. The molecule has 0 fully saturated rings. The molecule has 1 aliphatic heterocycles. The molecule has 0 saturated carbocycles. The van der Waals surface area contributed by atoms with Crippen molar-refractivity contribution in [2.75, 3.05) is 22.5 Å². The molecule has 9 heteroatoms. The van der Waals surface area contributed by atoms with Gasteiger partial charge in [0, 0.05) is 4.88 Å². The zero-order chi connectivity index (χ0) is 19.1. The molecule has 0 radical (unpaired) electrons. The molecule has 2 aliphatic rings. The van der Waals surface area contributed by atoms with Gasteiger partial charge >= 0.3 is 0 Å². The van der Waals surface area contributed by atoms with Crippen molar-refractivity contribution >= 4 is 39.8 Å². The van der Waals surface area contributed by atoms with Crippen molar-refractivity contribution in [3.05, 3.63) is 28.1 Å². The number of rotatable bonds is 3. The molecule has 0 spiro atoms. The molecule has 1 unspecified atom stereocenters. The van der Waals surface area contributed by atoms with Crippen molar-refractivity contribution in [3.63, 3.8) is 0 Å². The van der Waals surface area contributed by atoms with Gasteiger partial charge in [0.25, 0.3) is 5.91 Å². The van der Waals surface area contributed by atoms with Crippen LogP contribution in [0.25, 0.3) is 0 Å². The van der Waals surface area contributed by atoms with Crippen LogP contribution in [0.4, 0.5) is 16.6 Å². The summed E-state index contributed by atoms with van der Waals surface area (Å²) in [7, 11) is 0. The maximum atomic E-state index is 12.6. The summed E-state index contributed by atoms with van der Waals surface area (Å²) in [6, 6.07) is 5.39. The highest BCUT2D eigenvalue weighted by atomic mass is 32.1. The van der Waals surface area contributed by atoms with Crippen molar-refractivity contribution < 1.29 is 14.3 Å². The van der Waals surface area contributed by atoms with Gasteiger partial charge in [-0.1, -0.05) is 0 Å². The van der Waals surface area contributed by atoms with Gasteiger partial charge in [-0.05, 0) is 43.9 Å². The molecule has 2 aromatic rings. The number of nitrogens with zero attached hydrogens (tertiary/aromatic N) is 3. The van der Waals surface area contributed by atoms with E-state index in [-0.39, 0.29) is 24.1 Å². The zero-order valence-electron chi connectivity index (χ0n) is 14.6. The minimum atomic E-state index is -0.726. The highest BCUT2D eigenvalue weighted by Crippen LogP contribution is 2.39. The number of pyridine rings is 1. The summed E-state index contributed by atoms with van der Waals surface area (Å²) in [5.74, 6) is 0.0832. The molecule has 2 aromatic heterocycles. The van der Waals surface area contributed by atoms with E-state index in [9.17, 15) is 14.9 Å². The Labute approximate surface area is 159 Å². The molecule has 3 N–H and O–H groups in total. The third kappa shape index (κ3) is 2.98. The van der Waals surface area contributed by atoms with Crippen LogP contribution in [0.15, 0.2) is 12.1 Å². The van der Waals surface area contributed by atoms with Gasteiger partial charge in [-0.25, -0.2) is 4.98 Å². The van der Waals surface area contributed by atoms with Crippen molar-refractivity contribution in [2.24, 2.45) is 0 Å². The first-order valence-corrected chi connectivity index (χ1v) is 9.38. The molecule has 0 saturated heterocycles. The lowest BCUT2D eigenvalue weighted by Crippen LogP contribution is -2.48. The number of aromatic nitrogens is 1. The Morgan fingerprint density at radius 1 is 1.52 bits per heavy atom. The Hall–Kier alpha value is -3.12. The number of nitrogens with one attached hydrogen (secondary N) is 1. The lowest BCUT2D eigenvalue weighted by Gasteiger charge is -2.31. The summed E-state index contributed by atoms with van der Waals surface area (Å²) < 4.78 is 5.52. The van der Waals surface area contributed by atoms with Gasteiger partial charge in [-0.15, -0.1) is 11.3 Å². The van der Waals surface area contributed by atoms with E-state index in [0.29, 0.717) is 16.3 Å². The first-order valence-electron chi connectivity index (χ1n) is 8.57. The van der Waals surface area contributed by atoms with Gasteiger partial charge in [0.2, 0.25) is 5.91 Å². The van der Waals surface area contributed by atoms with Crippen molar-refractivity contribution in [3.8, 4) is 11.8 Å². The average Bonchev–Trinajstić information content (AvgIpc) is 3.20. The van der Waals surface area contributed by atoms with Gasteiger partial charge in [-0.3, -0.25) is 14.5 Å². The number of hydrogen-bond donors (Lipinski definition) is 2. The molecule has 8 nitrogen and oxygen atoms in total. The Balaban J connectivity index is 1.58. The van der Waals surface area contributed by atoms with E-state index in [1.807, 2.05) is 0 Å². The van der Waals surface area contributed by atoms with Crippen LogP contribution in [-0.4, -0.2) is 29.4 Å². The number of ether oxygens (including phenoxy) is 1. The number of nitrogen functional groups attached to an aromatic ring is 1. The topological polar surface area (TPSA) is 121 Å². The third-order valence-corrected chi connectivity index (χ3v) is 5.83. The number of nitriles is 1. The van der Waals surface area contributed by atoms with Gasteiger partial charge in [-0.2, -0.15) is 5.26 Å². The molecule has 3 heterocycles. The number of thiophene rings is 1. The summed E-state index contributed by atoms with van der Waals surface area (Å²) in [5, 5.41) is 12.8. The minimum absolute atomic E-state index is 0.224. The molecule has 0 aromatic carbocycles. The lowest BCUT2D eigenvalue weighted by atomic mass is 10.1. The standard InChI is InChI=1S/C18H17N5O3S/c1-9-18(25)23(16-12(26-9)5-6-14(20)21-16)8-15(24)22-17-11(7-19)10-3-2-4-13(10)27-17/h5-6,9H,2-4,8H2,1H3,(H2,20,21)(H,22,24). The van der Waals surface area contributed by atoms with E-state index in [1.165, 1.54) is 16.2 Å². The maximum Gasteiger partial charge on any atom is 0.269 e. The predicted octanol–water partition coefficient (Wildman–Crippen LogP) is 1.84. The number of aryl methyl sites for hydroxylation is 1. The van der Waals surface area contributed by atoms with Crippen molar-refractivity contribution in [1.29, 1.82) is 5.26 Å². The van der Waals surface area contributed by atoms with Crippen LogP contribution >= 0.6 is 11.3 Å². The highest BCUT2D eigenvalue weighted by molar-refractivity contribution is 7.16. The average molecular weight is 383 g/mol. The molecule has 4 rings (SSSR count). The number of carbonyl (C=O) groups excluding carboxylic acids is 2. The van der Waals surface area contributed by atoms with Crippen LogP contribution in [0.3, 0.4) is 0 Å². The van der Waals surface area contributed by atoms with E-state index >= 15 is 0 Å². The molecule has 1 atom stereocenters. The summed E-state index contributed by atoms with van der Waals surface area (Å²) in [4.78, 5) is 31.7. The van der Waals surface area contributed by atoms with E-state index in [0.717, 1.165) is 29.7 Å². The second kappa shape index (κ2) is 6.55. The van der Waals surface area contributed by atoms with Crippen LogP contribution in [-0.2, 0) is 22.4 Å².